The zero-order valence-corrected chi connectivity index (χ0v) is 51.3. The highest BCUT2D eigenvalue weighted by Crippen LogP contribution is 2.15. The maximum Gasteiger partial charge on any atom is 0.306 e. The molecule has 448 valence electrons. The van der Waals surface area contributed by atoms with Crippen LogP contribution in [0.2, 0.25) is 0 Å². The van der Waals surface area contributed by atoms with Gasteiger partial charge in [0.05, 0.1) is 0 Å². The minimum absolute atomic E-state index is 0.0969. The summed E-state index contributed by atoms with van der Waals surface area (Å²) < 4.78 is 16.9. The van der Waals surface area contributed by atoms with Crippen molar-refractivity contribution in [3.05, 3.63) is 134 Å². The van der Waals surface area contributed by atoms with Crippen LogP contribution < -0.4 is 0 Å². The van der Waals surface area contributed by atoms with E-state index in [4.69, 9.17) is 14.2 Å². The van der Waals surface area contributed by atoms with E-state index in [1.807, 2.05) is 0 Å². The molecule has 6 heteroatoms. The largest absolute Gasteiger partial charge is 0.462 e. The van der Waals surface area contributed by atoms with E-state index in [0.29, 0.717) is 19.3 Å². The minimum atomic E-state index is -0.802. The van der Waals surface area contributed by atoms with Gasteiger partial charge in [0, 0.05) is 19.3 Å². The van der Waals surface area contributed by atoms with Crippen LogP contribution in [0.15, 0.2) is 134 Å². The Kier molecular flexibility index (Phi) is 62.3. The molecule has 0 saturated carbocycles. The third kappa shape index (κ3) is 64.3. The summed E-state index contributed by atoms with van der Waals surface area (Å²) in [5.41, 5.74) is 0. The smallest absolute Gasteiger partial charge is 0.306 e. The molecule has 0 aliphatic rings. The van der Waals surface area contributed by atoms with Crippen LogP contribution in [0, 0.1) is 0 Å². The predicted molar refractivity (Wildman–Crippen MR) is 343 cm³/mol. The van der Waals surface area contributed by atoms with Crippen LogP contribution >= 0.6 is 0 Å². The number of ether oxygens (including phenoxy) is 3. The molecular weight excluding hydrogens is 973 g/mol. The standard InChI is InChI=1S/C73H120O6/c1-4-7-10-13-16-19-22-25-27-29-31-33-34-35-36-37-38-40-41-43-45-48-51-54-57-60-63-66-72(75)78-69-70(68-77-71(74)65-62-59-56-53-50-47-24-21-18-15-12-9-6-3)79-73(76)67-64-61-58-55-52-49-46-44-42-39-32-30-28-26-23-20-17-14-11-8-5-2/h7,9-10,12,16,18-19,21,23,25-27,30-33,35-36,38,40,47,50,70H,4-6,8,11,13-15,17,20,22,24,28-29,34,37,39,41-46,48-49,51-69H2,1-3H3/b10-7-,12-9-,19-16-,21-18-,26-23-,27-25-,32-30-,33-31-,36-35-,40-38-,50-47-. The van der Waals surface area contributed by atoms with Crippen LogP contribution in [0.4, 0.5) is 0 Å². The minimum Gasteiger partial charge on any atom is -0.462 e. The lowest BCUT2D eigenvalue weighted by Gasteiger charge is -2.18. The summed E-state index contributed by atoms with van der Waals surface area (Å²) in [6.45, 7) is 6.38. The highest BCUT2D eigenvalue weighted by molar-refractivity contribution is 5.71. The Morgan fingerprint density at radius 1 is 0.266 bits per heavy atom. The Morgan fingerprint density at radius 2 is 0.494 bits per heavy atom. The monoisotopic (exact) mass is 1090 g/mol. The molecule has 0 aromatic carbocycles. The van der Waals surface area contributed by atoms with E-state index in [1.54, 1.807) is 0 Å². The first-order valence-corrected chi connectivity index (χ1v) is 32.7. The van der Waals surface area contributed by atoms with Gasteiger partial charge < -0.3 is 14.2 Å². The third-order valence-corrected chi connectivity index (χ3v) is 13.6. The summed E-state index contributed by atoms with van der Waals surface area (Å²) in [7, 11) is 0. The SMILES string of the molecule is CC/C=C\C/C=C\C/C=C\C/C=C\C/C=C\C/C=C\CCCCCCCCCCC(=O)OCC(COC(=O)CCCCC/C=C\C/C=C\C/C=C\CC)OC(=O)CCCCCCCCCCC/C=C\C/C=C\CCCCCCC. The summed E-state index contributed by atoms with van der Waals surface area (Å²) >= 11 is 0. The van der Waals surface area contributed by atoms with E-state index in [9.17, 15) is 14.4 Å². The molecule has 0 bridgehead atoms. The lowest BCUT2D eigenvalue weighted by molar-refractivity contribution is -0.167. The lowest BCUT2D eigenvalue weighted by atomic mass is 10.1. The van der Waals surface area contributed by atoms with Crippen molar-refractivity contribution >= 4 is 17.9 Å². The Balaban J connectivity index is 4.37. The Morgan fingerprint density at radius 3 is 0.785 bits per heavy atom. The molecule has 0 rings (SSSR count). The summed E-state index contributed by atoms with van der Waals surface area (Å²) in [5.74, 6) is -0.936. The van der Waals surface area contributed by atoms with E-state index >= 15 is 0 Å². The molecule has 0 fully saturated rings. The summed E-state index contributed by atoms with van der Waals surface area (Å²) in [5, 5.41) is 0. The van der Waals surface area contributed by atoms with E-state index in [0.717, 1.165) is 135 Å². The number of carbonyl (C=O) groups is 3. The molecule has 0 N–H and O–H groups in total. The second-order valence-corrected chi connectivity index (χ2v) is 21.3. The number of hydrogen-bond acceptors (Lipinski definition) is 6. The summed E-state index contributed by atoms with van der Waals surface area (Å²) in [4.78, 5) is 38.3. The zero-order chi connectivity index (χ0) is 57.1. The van der Waals surface area contributed by atoms with Crippen molar-refractivity contribution in [2.75, 3.05) is 13.2 Å². The van der Waals surface area contributed by atoms with Gasteiger partial charge in [0.15, 0.2) is 6.10 Å². The second-order valence-electron chi connectivity index (χ2n) is 21.3. The second kappa shape index (κ2) is 66.1. The fraction of sp³-hybridized carbons (Fsp3) is 0.658. The summed E-state index contributed by atoms with van der Waals surface area (Å²) in [6.07, 6.45) is 93.2. The van der Waals surface area contributed by atoms with E-state index in [2.05, 4.69) is 154 Å². The fourth-order valence-corrected chi connectivity index (χ4v) is 8.79. The van der Waals surface area contributed by atoms with Gasteiger partial charge in [-0.2, -0.15) is 0 Å². The van der Waals surface area contributed by atoms with Gasteiger partial charge >= 0.3 is 17.9 Å². The number of rotatable bonds is 58. The third-order valence-electron chi connectivity index (χ3n) is 13.6. The zero-order valence-electron chi connectivity index (χ0n) is 51.3. The predicted octanol–water partition coefficient (Wildman–Crippen LogP) is 22.5. The quantitative estimate of drug-likeness (QED) is 0.0261. The van der Waals surface area contributed by atoms with Crippen LogP contribution in [-0.4, -0.2) is 37.2 Å². The van der Waals surface area contributed by atoms with Crippen LogP contribution in [-0.2, 0) is 28.6 Å². The first kappa shape index (κ1) is 74.5. The lowest BCUT2D eigenvalue weighted by Crippen LogP contribution is -2.30. The highest BCUT2D eigenvalue weighted by atomic mass is 16.6. The number of allylic oxidation sites excluding steroid dienone is 22. The first-order valence-electron chi connectivity index (χ1n) is 32.7. The van der Waals surface area contributed by atoms with Crippen molar-refractivity contribution in [2.45, 2.75) is 297 Å². The van der Waals surface area contributed by atoms with Gasteiger partial charge in [0.1, 0.15) is 13.2 Å². The maximum absolute atomic E-state index is 12.9. The van der Waals surface area contributed by atoms with Crippen LogP contribution in [0.3, 0.4) is 0 Å². The van der Waals surface area contributed by atoms with Crippen LogP contribution in [0.1, 0.15) is 290 Å². The molecule has 6 nitrogen and oxygen atoms in total. The van der Waals surface area contributed by atoms with Crippen molar-refractivity contribution in [3.8, 4) is 0 Å². The average Bonchev–Trinajstić information content (AvgIpc) is 3.45. The van der Waals surface area contributed by atoms with Crippen molar-refractivity contribution in [1.82, 2.24) is 0 Å². The molecule has 1 atom stereocenters. The van der Waals surface area contributed by atoms with Gasteiger partial charge in [0.2, 0.25) is 0 Å². The van der Waals surface area contributed by atoms with Crippen LogP contribution in [0.25, 0.3) is 0 Å². The van der Waals surface area contributed by atoms with Gasteiger partial charge in [-0.05, 0) is 135 Å². The molecule has 0 aromatic rings. The average molecular weight is 1090 g/mol. The Labute approximate surface area is 487 Å². The van der Waals surface area contributed by atoms with Crippen molar-refractivity contribution in [2.24, 2.45) is 0 Å². The van der Waals surface area contributed by atoms with E-state index < -0.39 is 6.10 Å². The molecule has 0 spiro atoms. The van der Waals surface area contributed by atoms with E-state index in [-0.39, 0.29) is 31.1 Å². The maximum atomic E-state index is 12.9. The number of unbranched alkanes of at least 4 members (excludes halogenated alkanes) is 25. The molecular formula is C73H120O6. The van der Waals surface area contributed by atoms with Gasteiger partial charge in [-0.1, -0.05) is 270 Å². The van der Waals surface area contributed by atoms with Crippen molar-refractivity contribution in [1.29, 1.82) is 0 Å². The first-order chi connectivity index (χ1) is 39.0. The topological polar surface area (TPSA) is 78.9 Å². The van der Waals surface area contributed by atoms with Gasteiger partial charge in [0.25, 0.3) is 0 Å². The van der Waals surface area contributed by atoms with Crippen molar-refractivity contribution < 1.29 is 28.6 Å². The molecule has 0 amide bonds. The number of hydrogen-bond donors (Lipinski definition) is 0. The molecule has 0 aliphatic heterocycles. The van der Waals surface area contributed by atoms with Crippen LogP contribution in [0.5, 0.6) is 0 Å². The molecule has 0 aliphatic carbocycles. The molecule has 0 saturated heterocycles. The highest BCUT2D eigenvalue weighted by Gasteiger charge is 2.19. The van der Waals surface area contributed by atoms with Crippen molar-refractivity contribution in [3.63, 3.8) is 0 Å². The molecule has 0 radical (unpaired) electrons. The summed E-state index contributed by atoms with van der Waals surface area (Å²) in [6, 6.07) is 0. The molecule has 79 heavy (non-hydrogen) atoms. The molecule has 0 heterocycles. The molecule has 0 aromatic heterocycles. The fourth-order valence-electron chi connectivity index (χ4n) is 8.79. The van der Waals surface area contributed by atoms with Gasteiger partial charge in [-0.3, -0.25) is 14.4 Å². The number of esters is 3. The molecule has 1 unspecified atom stereocenters. The van der Waals surface area contributed by atoms with E-state index in [1.165, 1.54) is 116 Å². The van der Waals surface area contributed by atoms with Gasteiger partial charge in [-0.25, -0.2) is 0 Å². The normalized spacial score (nSPS) is 13.0. The van der Waals surface area contributed by atoms with Gasteiger partial charge in [-0.15, -0.1) is 0 Å². The Hall–Kier alpha value is -4.45. The Bertz CT molecular complexity index is 1680. The number of carbonyl (C=O) groups excluding carboxylic acids is 3.